The minimum atomic E-state index is -0.959. The Morgan fingerprint density at radius 2 is 2.43 bits per heavy atom. The van der Waals surface area contributed by atoms with Crippen LogP contribution >= 0.6 is 15.9 Å². The van der Waals surface area contributed by atoms with Gasteiger partial charge in [0.1, 0.15) is 0 Å². The highest BCUT2D eigenvalue weighted by molar-refractivity contribution is 9.10. The van der Waals surface area contributed by atoms with Crippen LogP contribution in [0.15, 0.2) is 22.7 Å². The van der Waals surface area contributed by atoms with E-state index in [-0.39, 0.29) is 0 Å². The molecule has 2 N–H and O–H groups in total. The molecule has 4 nitrogen and oxygen atoms in total. The number of hydrogen-bond donors (Lipinski definition) is 2. The van der Waals surface area contributed by atoms with Gasteiger partial charge in [0.25, 0.3) is 0 Å². The molecule has 0 radical (unpaired) electrons. The molecule has 74 valence electrons. The molecule has 0 fully saturated rings. The van der Waals surface area contributed by atoms with Gasteiger partial charge in [-0.2, -0.15) is 0 Å². The molecule has 0 aromatic heterocycles. The first kappa shape index (κ1) is 9.33. The van der Waals surface area contributed by atoms with E-state index in [4.69, 9.17) is 9.84 Å². The molecule has 1 unspecified atom stereocenters. The number of fused-ring (bicyclic) bond motifs is 1. The molecule has 0 saturated carbocycles. The smallest absolute Gasteiger partial charge is 0.346 e. The van der Waals surface area contributed by atoms with Crippen LogP contribution in [0.3, 0.4) is 0 Å². The van der Waals surface area contributed by atoms with Gasteiger partial charge in [-0.3, -0.25) is 0 Å². The average Bonchev–Trinajstić information content (AvgIpc) is 2.18. The minimum Gasteiger partial charge on any atom is -0.478 e. The molecule has 1 aromatic carbocycles. The first-order chi connectivity index (χ1) is 6.68. The molecule has 1 aromatic rings. The maximum absolute atomic E-state index is 10.7. The number of para-hydroxylation sites is 1. The Hall–Kier alpha value is -1.23. The Bertz CT molecular complexity index is 380. The first-order valence-electron chi connectivity index (χ1n) is 4.10. The molecule has 2 rings (SSSR count). The molecular weight excluding hydrogens is 250 g/mol. The number of aliphatic carboxylic acids is 1. The molecule has 1 aliphatic rings. The Morgan fingerprint density at radius 1 is 1.64 bits per heavy atom. The maximum Gasteiger partial charge on any atom is 0.346 e. The van der Waals surface area contributed by atoms with Crippen LogP contribution in [0.1, 0.15) is 0 Å². The molecule has 0 amide bonds. The van der Waals surface area contributed by atoms with Gasteiger partial charge in [0, 0.05) is 0 Å². The van der Waals surface area contributed by atoms with Crippen molar-refractivity contribution >= 4 is 27.6 Å². The SMILES string of the molecule is O=C(O)C1CNc2cccc(Br)c2O1. The lowest BCUT2D eigenvalue weighted by Gasteiger charge is -2.25. The zero-order valence-corrected chi connectivity index (χ0v) is 8.74. The Kier molecular flexibility index (Phi) is 2.33. The summed E-state index contributed by atoms with van der Waals surface area (Å²) in [7, 11) is 0. The van der Waals surface area contributed by atoms with Crippen molar-refractivity contribution in [2.75, 3.05) is 11.9 Å². The predicted molar refractivity (Wildman–Crippen MR) is 54.7 cm³/mol. The standard InChI is InChI=1S/C9H8BrNO3/c10-5-2-1-3-6-8(5)14-7(4-11-6)9(12)13/h1-3,7,11H,4H2,(H,12,13). The zero-order chi connectivity index (χ0) is 10.1. The number of carbonyl (C=O) groups is 1. The molecule has 14 heavy (non-hydrogen) atoms. The number of carboxylic acids is 1. The third-order valence-electron chi connectivity index (χ3n) is 1.98. The summed E-state index contributed by atoms with van der Waals surface area (Å²) in [4.78, 5) is 10.7. The van der Waals surface area contributed by atoms with E-state index in [9.17, 15) is 4.79 Å². The average molecular weight is 258 g/mol. The summed E-state index contributed by atoms with van der Waals surface area (Å²) in [5.41, 5.74) is 0.817. The monoisotopic (exact) mass is 257 g/mol. The third-order valence-corrected chi connectivity index (χ3v) is 2.60. The highest BCUT2D eigenvalue weighted by atomic mass is 79.9. The fraction of sp³-hybridized carbons (Fsp3) is 0.222. The second kappa shape index (κ2) is 3.49. The second-order valence-electron chi connectivity index (χ2n) is 2.94. The van der Waals surface area contributed by atoms with E-state index in [0.29, 0.717) is 12.3 Å². The fourth-order valence-corrected chi connectivity index (χ4v) is 1.75. The summed E-state index contributed by atoms with van der Waals surface area (Å²) in [5.74, 6) is -0.398. The predicted octanol–water partition coefficient (Wildman–Crippen LogP) is 1.71. The highest BCUT2D eigenvalue weighted by Crippen LogP contribution is 2.36. The molecule has 0 aliphatic carbocycles. The van der Waals surface area contributed by atoms with Crippen molar-refractivity contribution in [1.29, 1.82) is 0 Å². The molecule has 5 heteroatoms. The van der Waals surface area contributed by atoms with Crippen LogP contribution in [0.4, 0.5) is 5.69 Å². The summed E-state index contributed by atoms with van der Waals surface area (Å²) in [5, 5.41) is 11.8. The van der Waals surface area contributed by atoms with E-state index in [0.717, 1.165) is 10.2 Å². The van der Waals surface area contributed by atoms with Crippen LogP contribution in [0.25, 0.3) is 0 Å². The van der Waals surface area contributed by atoms with E-state index in [1.54, 1.807) is 0 Å². The quantitative estimate of drug-likeness (QED) is 0.805. The van der Waals surface area contributed by atoms with Crippen molar-refractivity contribution in [3.05, 3.63) is 22.7 Å². The number of ether oxygens (including phenoxy) is 1. The van der Waals surface area contributed by atoms with Crippen molar-refractivity contribution < 1.29 is 14.6 Å². The van der Waals surface area contributed by atoms with Gasteiger partial charge in [0.05, 0.1) is 16.7 Å². The lowest BCUT2D eigenvalue weighted by Crippen LogP contribution is -2.37. The van der Waals surface area contributed by atoms with Crippen molar-refractivity contribution in [2.24, 2.45) is 0 Å². The van der Waals surface area contributed by atoms with Crippen molar-refractivity contribution in [3.63, 3.8) is 0 Å². The van der Waals surface area contributed by atoms with E-state index in [1.807, 2.05) is 18.2 Å². The van der Waals surface area contributed by atoms with Crippen LogP contribution in [0.2, 0.25) is 0 Å². The van der Waals surface area contributed by atoms with Crippen molar-refractivity contribution in [2.45, 2.75) is 6.10 Å². The lowest BCUT2D eigenvalue weighted by molar-refractivity contribution is -0.144. The minimum absolute atomic E-state index is 0.290. The Labute approximate surface area is 89.0 Å². The second-order valence-corrected chi connectivity index (χ2v) is 3.80. The van der Waals surface area contributed by atoms with Gasteiger partial charge in [-0.25, -0.2) is 4.79 Å². The Morgan fingerprint density at radius 3 is 3.14 bits per heavy atom. The van der Waals surface area contributed by atoms with Crippen LogP contribution < -0.4 is 10.1 Å². The van der Waals surface area contributed by atoms with Gasteiger partial charge in [-0.05, 0) is 28.1 Å². The maximum atomic E-state index is 10.7. The molecule has 1 atom stereocenters. The molecule has 0 bridgehead atoms. The number of nitrogens with one attached hydrogen (secondary N) is 1. The molecule has 1 heterocycles. The number of carboxylic acid groups (broad SMARTS) is 1. The number of benzene rings is 1. The fourth-order valence-electron chi connectivity index (χ4n) is 1.29. The molecule has 0 saturated heterocycles. The number of halogens is 1. The summed E-state index contributed by atoms with van der Waals surface area (Å²) >= 11 is 3.30. The lowest BCUT2D eigenvalue weighted by atomic mass is 10.2. The first-order valence-corrected chi connectivity index (χ1v) is 4.89. The van der Waals surface area contributed by atoms with Crippen LogP contribution in [0, 0.1) is 0 Å². The molecule has 0 spiro atoms. The summed E-state index contributed by atoms with van der Waals surface area (Å²) < 4.78 is 6.07. The van der Waals surface area contributed by atoms with E-state index < -0.39 is 12.1 Å². The Balaban J connectivity index is 2.33. The van der Waals surface area contributed by atoms with Crippen LogP contribution in [-0.4, -0.2) is 23.7 Å². The van der Waals surface area contributed by atoms with Crippen LogP contribution in [0.5, 0.6) is 5.75 Å². The van der Waals surface area contributed by atoms with Crippen molar-refractivity contribution in [1.82, 2.24) is 0 Å². The summed E-state index contributed by atoms with van der Waals surface area (Å²) in [6, 6.07) is 5.52. The topological polar surface area (TPSA) is 58.6 Å². The number of hydrogen-bond acceptors (Lipinski definition) is 3. The number of rotatable bonds is 1. The summed E-state index contributed by atoms with van der Waals surface area (Å²) in [6.07, 6.45) is -0.818. The van der Waals surface area contributed by atoms with Crippen molar-refractivity contribution in [3.8, 4) is 5.75 Å². The number of anilines is 1. The van der Waals surface area contributed by atoms with Crippen LogP contribution in [-0.2, 0) is 4.79 Å². The van der Waals surface area contributed by atoms with Gasteiger partial charge in [0.15, 0.2) is 5.75 Å². The van der Waals surface area contributed by atoms with Gasteiger partial charge in [-0.1, -0.05) is 6.07 Å². The summed E-state index contributed by atoms with van der Waals surface area (Å²) in [6.45, 7) is 0.290. The van der Waals surface area contributed by atoms with Gasteiger partial charge >= 0.3 is 5.97 Å². The normalized spacial score (nSPS) is 19.1. The van der Waals surface area contributed by atoms with Gasteiger partial charge < -0.3 is 15.2 Å². The third kappa shape index (κ3) is 1.55. The largest absolute Gasteiger partial charge is 0.478 e. The van der Waals surface area contributed by atoms with E-state index >= 15 is 0 Å². The zero-order valence-electron chi connectivity index (χ0n) is 7.16. The highest BCUT2D eigenvalue weighted by Gasteiger charge is 2.26. The van der Waals surface area contributed by atoms with E-state index in [1.165, 1.54) is 0 Å². The van der Waals surface area contributed by atoms with Gasteiger partial charge in [-0.15, -0.1) is 0 Å². The molecule has 1 aliphatic heterocycles. The molecular formula is C9H8BrNO3. The van der Waals surface area contributed by atoms with E-state index in [2.05, 4.69) is 21.2 Å². The van der Waals surface area contributed by atoms with Gasteiger partial charge in [0.2, 0.25) is 6.10 Å².